The molecule has 7 nitrogen and oxygen atoms in total. The van der Waals surface area contributed by atoms with Crippen LogP contribution >= 0.6 is 11.6 Å². The Hall–Kier alpha value is -2.04. The third-order valence-electron chi connectivity index (χ3n) is 6.52. The van der Waals surface area contributed by atoms with Crippen LogP contribution in [0.5, 0.6) is 5.75 Å². The van der Waals surface area contributed by atoms with E-state index in [1.807, 2.05) is 12.1 Å². The summed E-state index contributed by atoms with van der Waals surface area (Å²) >= 11 is 3.52. The Balaban J connectivity index is 1.49. The van der Waals surface area contributed by atoms with Crippen molar-refractivity contribution < 1.29 is 23.1 Å². The first-order chi connectivity index (χ1) is 15.8. The van der Waals surface area contributed by atoms with Gasteiger partial charge in [-0.15, -0.1) is 0 Å². The molecule has 0 spiro atoms. The number of rotatable bonds is 4. The van der Waals surface area contributed by atoms with Gasteiger partial charge in [0, 0.05) is 67.0 Å². The van der Waals surface area contributed by atoms with Crippen LogP contribution in [-0.4, -0.2) is 61.7 Å². The van der Waals surface area contributed by atoms with Gasteiger partial charge in [0.2, 0.25) is 5.91 Å². The van der Waals surface area contributed by atoms with Gasteiger partial charge >= 0.3 is 0 Å². The molecule has 2 heterocycles. The summed E-state index contributed by atoms with van der Waals surface area (Å²) in [5.41, 5.74) is 1.26. The monoisotopic (exact) mass is 494 g/mol. The molecule has 4 atom stereocenters. The van der Waals surface area contributed by atoms with Crippen LogP contribution in [0.3, 0.4) is 0 Å². The highest BCUT2D eigenvalue weighted by Gasteiger charge is 2.38. The van der Waals surface area contributed by atoms with Crippen molar-refractivity contribution in [2.75, 3.05) is 32.7 Å². The number of benzene rings is 2. The number of phenolic OH excluding ortho intramolecular Hbond substituents is 1. The number of hydrogen-bond donors (Lipinski definition) is 2. The second kappa shape index (κ2) is 10.5. The molecule has 33 heavy (non-hydrogen) atoms. The molecule has 0 aliphatic carbocycles. The third kappa shape index (κ3) is 5.38. The van der Waals surface area contributed by atoms with E-state index in [2.05, 4.69) is 5.32 Å². The number of nitrogens with zero attached hydrogens (tertiary/aromatic N) is 2. The Morgan fingerprint density at radius 2 is 1.91 bits per heavy atom. The minimum Gasteiger partial charge on any atom is -0.760 e. The van der Waals surface area contributed by atoms with Crippen LogP contribution in [0.25, 0.3) is 0 Å². The van der Waals surface area contributed by atoms with E-state index in [1.165, 1.54) is 16.4 Å². The van der Waals surface area contributed by atoms with Crippen LogP contribution in [0.1, 0.15) is 35.9 Å². The molecule has 2 aliphatic rings. The van der Waals surface area contributed by atoms with Gasteiger partial charge in [0.05, 0.1) is 5.92 Å². The Kier molecular flexibility index (Phi) is 7.65. The van der Waals surface area contributed by atoms with Crippen molar-refractivity contribution in [3.05, 3.63) is 64.4 Å². The van der Waals surface area contributed by atoms with Gasteiger partial charge in [-0.25, -0.2) is 8.70 Å². The number of halogens is 2. The third-order valence-corrected chi connectivity index (χ3v) is 7.59. The summed E-state index contributed by atoms with van der Waals surface area (Å²) < 4.78 is 39.9. The van der Waals surface area contributed by atoms with Crippen molar-refractivity contribution in [3.8, 4) is 5.75 Å². The summed E-state index contributed by atoms with van der Waals surface area (Å²) in [5, 5.41) is 13.3. The molecule has 2 aromatic carbocycles. The second-order valence-electron chi connectivity index (χ2n) is 8.47. The molecule has 2 unspecified atom stereocenters. The summed E-state index contributed by atoms with van der Waals surface area (Å²) in [4.78, 5) is 15.1. The predicted octanol–water partition coefficient (Wildman–Crippen LogP) is 2.95. The maximum Gasteiger partial charge on any atom is 0.227 e. The number of aromatic hydroxyl groups is 1. The first-order valence-corrected chi connectivity index (χ1v) is 12.4. The molecule has 178 valence electrons. The molecular formula is C23H26ClFN3O4S-. The summed E-state index contributed by atoms with van der Waals surface area (Å²) in [6, 6.07) is 10.8. The fourth-order valence-electron chi connectivity index (χ4n) is 4.84. The van der Waals surface area contributed by atoms with Crippen LogP contribution in [-0.2, 0) is 16.1 Å². The lowest BCUT2D eigenvalue weighted by atomic mass is 9.87. The average Bonchev–Trinajstić information content (AvgIpc) is 3.23. The molecule has 0 bridgehead atoms. The molecule has 1 amide bonds. The summed E-state index contributed by atoms with van der Waals surface area (Å²) in [7, 11) is 0. The fraction of sp³-hybridized carbons (Fsp3) is 0.435. The Morgan fingerprint density at radius 3 is 2.61 bits per heavy atom. The zero-order valence-corrected chi connectivity index (χ0v) is 19.5. The number of carbonyl (C=O) groups excluding carboxylic acids is 1. The molecule has 2 N–H and O–H groups in total. The second-order valence-corrected chi connectivity index (χ2v) is 9.81. The lowest BCUT2D eigenvalue weighted by Crippen LogP contribution is -2.46. The highest BCUT2D eigenvalue weighted by atomic mass is 35.5. The molecule has 2 fully saturated rings. The number of hydrogen-bond acceptors (Lipinski definition) is 5. The van der Waals surface area contributed by atoms with E-state index in [-0.39, 0.29) is 36.7 Å². The van der Waals surface area contributed by atoms with Crippen molar-refractivity contribution in [1.82, 2.24) is 14.5 Å². The largest absolute Gasteiger partial charge is 0.760 e. The molecule has 2 saturated heterocycles. The Bertz CT molecular complexity index is 1030. The number of nitrogens with one attached hydrogen (secondary N) is 1. The average molecular weight is 495 g/mol. The fourth-order valence-corrected chi connectivity index (χ4v) is 5.63. The van der Waals surface area contributed by atoms with Crippen LogP contribution in [0.4, 0.5) is 4.39 Å². The standard InChI is InChI=1S/C23H27ClFN3O4S/c24-16-5-3-15(4-6-16)22-2-1-9-27(10-11-28(22)33(31)32)23(30)20-14-26-13-19(20)18-8-7-17(29)12-21(18)25/h3-8,12,19-20,22,26,29H,1-2,9-11,13-14H2,(H,31,32)/p-1/t19-,20+,22?/m0/s1. The predicted molar refractivity (Wildman–Crippen MR) is 123 cm³/mol. The smallest absolute Gasteiger partial charge is 0.227 e. The van der Waals surface area contributed by atoms with Gasteiger partial charge in [-0.1, -0.05) is 29.8 Å². The summed E-state index contributed by atoms with van der Waals surface area (Å²) in [5.74, 6) is -1.61. The number of phenols is 1. The molecule has 0 aromatic heterocycles. The first kappa shape index (κ1) is 24.1. The number of carbonyl (C=O) groups is 1. The summed E-state index contributed by atoms with van der Waals surface area (Å²) in [6.45, 7) is 1.82. The zero-order valence-electron chi connectivity index (χ0n) is 18.0. The van der Waals surface area contributed by atoms with Gasteiger partial charge in [0.15, 0.2) is 0 Å². The van der Waals surface area contributed by atoms with Crippen LogP contribution in [0.15, 0.2) is 42.5 Å². The van der Waals surface area contributed by atoms with Crippen LogP contribution in [0.2, 0.25) is 5.02 Å². The maximum atomic E-state index is 14.5. The highest BCUT2D eigenvalue weighted by Crippen LogP contribution is 2.34. The normalized spacial score (nSPS) is 25.4. The van der Waals surface area contributed by atoms with E-state index in [0.29, 0.717) is 43.1 Å². The molecule has 2 aliphatic heterocycles. The van der Waals surface area contributed by atoms with Gasteiger partial charge in [0.1, 0.15) is 11.6 Å². The van der Waals surface area contributed by atoms with Crippen LogP contribution < -0.4 is 5.32 Å². The van der Waals surface area contributed by atoms with Crippen molar-refractivity contribution in [1.29, 1.82) is 0 Å². The van der Waals surface area contributed by atoms with Gasteiger partial charge < -0.3 is 19.9 Å². The minimum atomic E-state index is -2.45. The minimum absolute atomic E-state index is 0.112. The van der Waals surface area contributed by atoms with Gasteiger partial charge in [0.25, 0.3) is 0 Å². The van der Waals surface area contributed by atoms with Gasteiger partial charge in [-0.3, -0.25) is 9.00 Å². The summed E-state index contributed by atoms with van der Waals surface area (Å²) in [6.07, 6.45) is 1.20. The lowest BCUT2D eigenvalue weighted by Gasteiger charge is -2.38. The van der Waals surface area contributed by atoms with Crippen molar-refractivity contribution >= 4 is 28.8 Å². The Morgan fingerprint density at radius 1 is 1.15 bits per heavy atom. The molecule has 10 heteroatoms. The number of amides is 1. The Labute approximate surface area is 199 Å². The van der Waals surface area contributed by atoms with Crippen LogP contribution in [0, 0.1) is 11.7 Å². The highest BCUT2D eigenvalue weighted by molar-refractivity contribution is 7.76. The van der Waals surface area contributed by atoms with Gasteiger partial charge in [-0.05, 0) is 42.2 Å². The van der Waals surface area contributed by atoms with E-state index in [0.717, 1.165) is 11.6 Å². The lowest BCUT2D eigenvalue weighted by molar-refractivity contribution is -0.136. The first-order valence-electron chi connectivity index (χ1n) is 10.9. The van der Waals surface area contributed by atoms with E-state index in [4.69, 9.17) is 11.6 Å². The zero-order chi connectivity index (χ0) is 23.5. The van der Waals surface area contributed by atoms with E-state index < -0.39 is 23.0 Å². The topological polar surface area (TPSA) is 95.9 Å². The molecular weight excluding hydrogens is 469 g/mol. The molecule has 2 aromatic rings. The van der Waals surface area contributed by atoms with Gasteiger partial charge in [-0.2, -0.15) is 0 Å². The van der Waals surface area contributed by atoms with E-state index in [1.54, 1.807) is 17.0 Å². The molecule has 0 radical (unpaired) electrons. The van der Waals surface area contributed by atoms with E-state index >= 15 is 0 Å². The van der Waals surface area contributed by atoms with Crippen molar-refractivity contribution in [2.45, 2.75) is 24.8 Å². The maximum absolute atomic E-state index is 14.5. The van der Waals surface area contributed by atoms with E-state index in [9.17, 15) is 23.1 Å². The SMILES string of the molecule is O=C([C@@H]1CNC[C@H]1c1ccc(O)cc1F)N1CCCC(c2ccc(Cl)cc2)N(S(=O)[O-])CC1. The van der Waals surface area contributed by atoms with Crippen molar-refractivity contribution in [3.63, 3.8) is 0 Å². The molecule has 0 saturated carbocycles. The quantitative estimate of drug-likeness (QED) is 0.637. The molecule has 4 rings (SSSR count). The van der Waals surface area contributed by atoms with Crippen molar-refractivity contribution in [2.24, 2.45) is 5.92 Å².